The van der Waals surface area contributed by atoms with Crippen molar-refractivity contribution in [3.05, 3.63) is 52.1 Å². The van der Waals surface area contributed by atoms with E-state index in [0.29, 0.717) is 54.4 Å². The fraction of sp³-hybridized carbons (Fsp3) is 0.400. The Balaban J connectivity index is 1.30. The van der Waals surface area contributed by atoms with E-state index in [1.165, 1.54) is 22.5 Å². The highest BCUT2D eigenvalue weighted by Gasteiger charge is 2.23. The van der Waals surface area contributed by atoms with Gasteiger partial charge in [-0.3, -0.25) is 9.69 Å². The number of aromatic nitrogens is 5. The second-order valence-corrected chi connectivity index (χ2v) is 8.99. The summed E-state index contributed by atoms with van der Waals surface area (Å²) < 4.78 is 17.0. The number of thioether (sulfide) groups is 1. The molecule has 0 saturated carbocycles. The molecular weight excluding hydrogens is 455 g/mol. The Morgan fingerprint density at radius 1 is 1.22 bits per heavy atom. The number of carbonyl (C=O) groups excluding carboxylic acids is 1. The maximum Gasteiger partial charge on any atom is 0.271 e. The van der Waals surface area contributed by atoms with Crippen molar-refractivity contribution >= 4 is 29.3 Å². The Kier molecular flexibility index (Phi) is 6.68. The molecule has 1 amide bonds. The molecule has 0 unspecified atom stereocenters. The molecule has 9 nitrogen and oxygen atoms in total. The first-order valence-electron chi connectivity index (χ1n) is 10.1. The van der Waals surface area contributed by atoms with Crippen LogP contribution in [0.2, 0.25) is 5.02 Å². The number of aryl methyl sites for hydroxylation is 2. The van der Waals surface area contributed by atoms with Gasteiger partial charge in [0.1, 0.15) is 5.82 Å². The molecule has 2 N–H and O–H groups in total. The predicted octanol–water partition coefficient (Wildman–Crippen LogP) is 2.02. The van der Waals surface area contributed by atoms with Gasteiger partial charge in [0.25, 0.3) is 5.95 Å². The first-order chi connectivity index (χ1) is 15.3. The Morgan fingerprint density at radius 2 is 1.97 bits per heavy atom. The molecule has 1 fully saturated rings. The Bertz CT molecular complexity index is 1100. The minimum absolute atomic E-state index is 0.00533. The number of benzene rings is 1. The highest BCUT2D eigenvalue weighted by molar-refractivity contribution is 7.99. The number of amides is 1. The third-order valence-electron chi connectivity index (χ3n) is 5.34. The lowest BCUT2D eigenvalue weighted by Crippen LogP contribution is -2.48. The summed E-state index contributed by atoms with van der Waals surface area (Å²) in [5, 5.41) is 13.4. The zero-order valence-electron chi connectivity index (χ0n) is 17.8. The molecular formula is C20H24ClFN8OS. The van der Waals surface area contributed by atoms with Gasteiger partial charge in [0.2, 0.25) is 11.1 Å². The highest BCUT2D eigenvalue weighted by atomic mass is 35.5. The van der Waals surface area contributed by atoms with Gasteiger partial charge in [-0.2, -0.15) is 5.10 Å². The maximum atomic E-state index is 14.0. The third-order valence-corrected chi connectivity index (χ3v) is 6.62. The van der Waals surface area contributed by atoms with Crippen molar-refractivity contribution in [2.45, 2.75) is 25.5 Å². The van der Waals surface area contributed by atoms with Crippen LogP contribution in [0.5, 0.6) is 0 Å². The quantitative estimate of drug-likeness (QED) is 0.427. The number of nitrogens with two attached hydrogens (primary N) is 1. The van der Waals surface area contributed by atoms with Crippen LogP contribution in [0.25, 0.3) is 5.95 Å². The van der Waals surface area contributed by atoms with Crippen molar-refractivity contribution in [3.63, 3.8) is 0 Å². The van der Waals surface area contributed by atoms with E-state index in [1.54, 1.807) is 21.7 Å². The molecule has 1 aromatic carbocycles. The van der Waals surface area contributed by atoms with E-state index in [-0.39, 0.29) is 17.5 Å². The van der Waals surface area contributed by atoms with Crippen LogP contribution < -0.4 is 5.84 Å². The lowest BCUT2D eigenvalue weighted by molar-refractivity contribution is -0.130. The Hall–Kier alpha value is -2.63. The molecule has 0 bridgehead atoms. The highest BCUT2D eigenvalue weighted by Crippen LogP contribution is 2.22. The van der Waals surface area contributed by atoms with Crippen LogP contribution in [0.3, 0.4) is 0 Å². The zero-order chi connectivity index (χ0) is 22.8. The second kappa shape index (κ2) is 9.47. The summed E-state index contributed by atoms with van der Waals surface area (Å²) >= 11 is 7.36. The van der Waals surface area contributed by atoms with Crippen molar-refractivity contribution in [2.24, 2.45) is 0 Å². The summed E-state index contributed by atoms with van der Waals surface area (Å²) in [4.78, 5) is 16.6. The number of hydrogen-bond donors (Lipinski definition) is 1. The van der Waals surface area contributed by atoms with E-state index < -0.39 is 0 Å². The minimum Gasteiger partial charge on any atom is -0.339 e. The summed E-state index contributed by atoms with van der Waals surface area (Å²) in [5.74, 6) is 6.41. The average Bonchev–Trinajstić information content (AvgIpc) is 3.30. The van der Waals surface area contributed by atoms with Gasteiger partial charge in [-0.25, -0.2) is 13.7 Å². The Labute approximate surface area is 194 Å². The topological polar surface area (TPSA) is 98.1 Å². The van der Waals surface area contributed by atoms with Gasteiger partial charge >= 0.3 is 0 Å². The molecule has 3 aromatic rings. The van der Waals surface area contributed by atoms with Gasteiger partial charge in [-0.15, -0.1) is 10.2 Å². The van der Waals surface area contributed by atoms with Gasteiger partial charge in [0.05, 0.1) is 11.4 Å². The normalized spacial score (nSPS) is 14.8. The van der Waals surface area contributed by atoms with Crippen molar-refractivity contribution < 1.29 is 9.18 Å². The van der Waals surface area contributed by atoms with Crippen LogP contribution in [-0.4, -0.2) is 72.3 Å². The summed E-state index contributed by atoms with van der Waals surface area (Å²) in [6.45, 7) is 6.65. The molecule has 12 heteroatoms. The van der Waals surface area contributed by atoms with E-state index in [0.717, 1.165) is 11.4 Å². The van der Waals surface area contributed by atoms with Crippen LogP contribution in [-0.2, 0) is 11.3 Å². The molecule has 32 heavy (non-hydrogen) atoms. The van der Waals surface area contributed by atoms with Crippen LogP contribution >= 0.6 is 23.4 Å². The number of rotatable bonds is 6. The van der Waals surface area contributed by atoms with Crippen molar-refractivity contribution in [2.75, 3.05) is 37.8 Å². The standard InChI is InChI=1S/C20H24ClFN8OS/c1-13-10-14(2)30(26-13)19-24-25-20(29(19)23)32-12-18(31)28-8-6-27(7-9-28)11-15-16(21)4-3-5-17(15)22/h3-5,10H,6-9,11-12,23H2,1-2H3. The third kappa shape index (κ3) is 4.74. The number of hydrogen-bond acceptors (Lipinski definition) is 7. The van der Waals surface area contributed by atoms with E-state index in [9.17, 15) is 9.18 Å². The number of piperazine rings is 1. The Morgan fingerprint density at radius 3 is 2.62 bits per heavy atom. The van der Waals surface area contributed by atoms with E-state index in [1.807, 2.05) is 19.9 Å². The van der Waals surface area contributed by atoms with Gasteiger partial charge in [0.15, 0.2) is 0 Å². The molecule has 1 aliphatic rings. The zero-order valence-corrected chi connectivity index (χ0v) is 19.4. The van der Waals surface area contributed by atoms with Crippen molar-refractivity contribution in [3.8, 4) is 5.95 Å². The fourth-order valence-electron chi connectivity index (χ4n) is 3.62. The number of nitrogens with zero attached hydrogens (tertiary/aromatic N) is 7. The van der Waals surface area contributed by atoms with E-state index in [2.05, 4.69) is 20.2 Å². The molecule has 2 aromatic heterocycles. The monoisotopic (exact) mass is 478 g/mol. The second-order valence-electron chi connectivity index (χ2n) is 7.64. The van der Waals surface area contributed by atoms with E-state index in [4.69, 9.17) is 17.4 Å². The number of carbonyl (C=O) groups is 1. The first kappa shape index (κ1) is 22.6. The number of halogens is 2. The van der Waals surface area contributed by atoms with Crippen LogP contribution in [0.15, 0.2) is 29.4 Å². The molecule has 0 radical (unpaired) electrons. The van der Waals surface area contributed by atoms with Gasteiger partial charge in [0, 0.05) is 49.0 Å². The molecule has 1 aliphatic heterocycles. The van der Waals surface area contributed by atoms with Gasteiger partial charge in [-0.05, 0) is 32.0 Å². The lowest BCUT2D eigenvalue weighted by Gasteiger charge is -2.34. The number of nitrogen functional groups attached to an aromatic ring is 1. The molecule has 0 atom stereocenters. The molecule has 0 aliphatic carbocycles. The summed E-state index contributed by atoms with van der Waals surface area (Å²) in [6, 6.07) is 6.62. The van der Waals surface area contributed by atoms with Crippen LogP contribution in [0, 0.1) is 19.7 Å². The molecule has 0 spiro atoms. The summed E-state index contributed by atoms with van der Waals surface area (Å²) in [5.41, 5.74) is 2.24. The smallest absolute Gasteiger partial charge is 0.271 e. The lowest BCUT2D eigenvalue weighted by atomic mass is 10.2. The largest absolute Gasteiger partial charge is 0.339 e. The van der Waals surface area contributed by atoms with Crippen molar-refractivity contribution in [1.29, 1.82) is 0 Å². The van der Waals surface area contributed by atoms with Gasteiger partial charge in [-0.1, -0.05) is 29.4 Å². The van der Waals surface area contributed by atoms with Gasteiger partial charge < -0.3 is 10.7 Å². The maximum absolute atomic E-state index is 14.0. The molecule has 4 rings (SSSR count). The summed E-state index contributed by atoms with van der Waals surface area (Å²) in [6.07, 6.45) is 0. The fourth-order valence-corrected chi connectivity index (χ4v) is 4.60. The van der Waals surface area contributed by atoms with E-state index >= 15 is 0 Å². The van der Waals surface area contributed by atoms with Crippen molar-refractivity contribution in [1.82, 2.24) is 34.5 Å². The molecule has 1 saturated heterocycles. The predicted molar refractivity (Wildman–Crippen MR) is 121 cm³/mol. The first-order valence-corrected chi connectivity index (χ1v) is 11.5. The molecule has 170 valence electrons. The van der Waals surface area contributed by atoms with Crippen LogP contribution in [0.1, 0.15) is 17.0 Å². The average molecular weight is 479 g/mol. The minimum atomic E-state index is -0.307. The van der Waals surface area contributed by atoms with Crippen LogP contribution in [0.4, 0.5) is 4.39 Å². The molecule has 3 heterocycles. The summed E-state index contributed by atoms with van der Waals surface area (Å²) in [7, 11) is 0. The SMILES string of the molecule is Cc1cc(C)n(-c2nnc(SCC(=O)N3CCN(Cc4c(F)cccc4Cl)CC3)n2N)n1.